The van der Waals surface area contributed by atoms with E-state index < -0.39 is 0 Å². The maximum atomic E-state index is 3.62. The summed E-state index contributed by atoms with van der Waals surface area (Å²) in [5.74, 6) is 1.23. The molecule has 0 amide bonds. The van der Waals surface area contributed by atoms with Crippen LogP contribution < -0.4 is 0 Å². The van der Waals surface area contributed by atoms with Crippen molar-refractivity contribution >= 4 is 43.6 Å². The highest BCUT2D eigenvalue weighted by molar-refractivity contribution is 9.11. The van der Waals surface area contributed by atoms with Gasteiger partial charge in [0, 0.05) is 13.8 Å². The Morgan fingerprint density at radius 3 is 2.00 bits per heavy atom. The molecular weight excluding hydrogens is 408 g/mol. The second-order valence-corrected chi connectivity index (χ2v) is 8.51. The second-order valence-electron chi connectivity index (χ2n) is 5.61. The molecule has 0 aliphatic carbocycles. The summed E-state index contributed by atoms with van der Waals surface area (Å²) in [6.45, 7) is 2.28. The van der Waals surface area contributed by atoms with Gasteiger partial charge in [0.1, 0.15) is 0 Å². The lowest BCUT2D eigenvalue weighted by Crippen LogP contribution is -1.84. The zero-order chi connectivity index (χ0) is 15.3. The van der Waals surface area contributed by atoms with Crippen molar-refractivity contribution in [2.45, 2.75) is 76.0 Å². The van der Waals surface area contributed by atoms with Gasteiger partial charge in [0.15, 0.2) is 0 Å². The van der Waals surface area contributed by atoms with Crippen LogP contribution in [0.15, 0.2) is 32.0 Å². The van der Waals surface area contributed by atoms with Crippen molar-refractivity contribution < 1.29 is 0 Å². The zero-order valence-electron chi connectivity index (χ0n) is 13.2. The lowest BCUT2D eigenvalue weighted by molar-refractivity contribution is 0.563. The third-order valence-corrected chi connectivity index (χ3v) is 6.24. The molecule has 0 aliphatic heterocycles. The molecule has 0 aromatic heterocycles. The van der Waals surface area contributed by atoms with E-state index in [0.717, 1.165) is 4.47 Å². The van der Waals surface area contributed by atoms with Gasteiger partial charge in [0.05, 0.1) is 0 Å². The lowest BCUT2D eigenvalue weighted by atomic mass is 10.1. The van der Waals surface area contributed by atoms with E-state index in [-0.39, 0.29) is 0 Å². The van der Waals surface area contributed by atoms with Gasteiger partial charge in [-0.15, -0.1) is 11.8 Å². The predicted molar refractivity (Wildman–Crippen MR) is 104 cm³/mol. The first-order valence-corrected chi connectivity index (χ1v) is 10.9. The van der Waals surface area contributed by atoms with Crippen LogP contribution in [0.1, 0.15) is 71.1 Å². The fraction of sp³-hybridized carbons (Fsp3) is 0.667. The number of hydrogen-bond acceptors (Lipinski definition) is 1. The highest BCUT2D eigenvalue weighted by Gasteiger charge is 2.01. The van der Waals surface area contributed by atoms with E-state index in [0.29, 0.717) is 0 Å². The SMILES string of the molecule is CCCCCCCCCCCCSc1cc(Br)ccc1Br. The molecule has 0 saturated heterocycles. The quantitative estimate of drug-likeness (QED) is 0.235. The third-order valence-electron chi connectivity index (χ3n) is 3.65. The molecule has 0 atom stereocenters. The average Bonchev–Trinajstić information content (AvgIpc) is 2.48. The van der Waals surface area contributed by atoms with Crippen LogP contribution in [0, 0.1) is 0 Å². The fourth-order valence-corrected chi connectivity index (χ4v) is 4.45. The Balaban J connectivity index is 1.94. The monoisotopic (exact) mass is 434 g/mol. The van der Waals surface area contributed by atoms with Gasteiger partial charge >= 0.3 is 0 Å². The third kappa shape index (κ3) is 10.0. The molecule has 0 saturated carbocycles. The van der Waals surface area contributed by atoms with Crippen molar-refractivity contribution in [1.82, 2.24) is 0 Å². The fourth-order valence-electron chi connectivity index (χ4n) is 2.36. The Morgan fingerprint density at radius 2 is 1.38 bits per heavy atom. The van der Waals surface area contributed by atoms with E-state index in [1.165, 1.54) is 79.3 Å². The van der Waals surface area contributed by atoms with Crippen molar-refractivity contribution in [2.24, 2.45) is 0 Å². The molecule has 0 radical (unpaired) electrons. The van der Waals surface area contributed by atoms with E-state index in [2.05, 4.69) is 57.0 Å². The Bertz CT molecular complexity index is 379. The van der Waals surface area contributed by atoms with Gasteiger partial charge in [-0.3, -0.25) is 0 Å². The van der Waals surface area contributed by atoms with Crippen molar-refractivity contribution in [3.63, 3.8) is 0 Å². The van der Waals surface area contributed by atoms with E-state index >= 15 is 0 Å². The Hall–Kier alpha value is 0.530. The topological polar surface area (TPSA) is 0 Å². The summed E-state index contributed by atoms with van der Waals surface area (Å²) in [6.07, 6.45) is 14.1. The summed E-state index contributed by atoms with van der Waals surface area (Å²) < 4.78 is 2.37. The van der Waals surface area contributed by atoms with E-state index in [1.807, 2.05) is 11.8 Å². The van der Waals surface area contributed by atoms with Crippen molar-refractivity contribution in [1.29, 1.82) is 0 Å². The minimum absolute atomic E-state index is 1.16. The first-order valence-electron chi connectivity index (χ1n) is 8.32. The molecule has 0 spiro atoms. The first kappa shape index (κ1) is 19.6. The molecule has 1 aromatic carbocycles. The van der Waals surface area contributed by atoms with Gasteiger partial charge in [-0.1, -0.05) is 80.6 Å². The van der Waals surface area contributed by atoms with Crippen LogP contribution in [0.25, 0.3) is 0 Å². The maximum absolute atomic E-state index is 3.62. The smallest absolute Gasteiger partial charge is 0.0312 e. The van der Waals surface area contributed by atoms with Gasteiger partial charge in [-0.2, -0.15) is 0 Å². The minimum atomic E-state index is 1.16. The molecular formula is C18H28Br2S. The predicted octanol–water partition coefficient (Wildman–Crippen LogP) is 8.22. The first-order chi connectivity index (χ1) is 10.2. The van der Waals surface area contributed by atoms with E-state index in [4.69, 9.17) is 0 Å². The highest BCUT2D eigenvalue weighted by Crippen LogP contribution is 2.31. The van der Waals surface area contributed by atoms with Crippen LogP contribution in [-0.4, -0.2) is 5.75 Å². The van der Waals surface area contributed by atoms with Crippen LogP contribution in [0.5, 0.6) is 0 Å². The Labute approximate surface area is 152 Å². The molecule has 120 valence electrons. The summed E-state index contributed by atoms with van der Waals surface area (Å²) in [5.41, 5.74) is 0. The average molecular weight is 436 g/mol. The number of halogens is 2. The number of rotatable bonds is 12. The summed E-state index contributed by atoms with van der Waals surface area (Å²) in [5, 5.41) is 0. The van der Waals surface area contributed by atoms with E-state index in [1.54, 1.807) is 0 Å². The number of thioether (sulfide) groups is 1. The molecule has 21 heavy (non-hydrogen) atoms. The molecule has 0 N–H and O–H groups in total. The molecule has 1 aromatic rings. The number of unbranched alkanes of at least 4 members (excludes halogenated alkanes) is 9. The van der Waals surface area contributed by atoms with Gasteiger partial charge in [0.25, 0.3) is 0 Å². The number of hydrogen-bond donors (Lipinski definition) is 0. The van der Waals surface area contributed by atoms with Crippen LogP contribution in [0.4, 0.5) is 0 Å². The van der Waals surface area contributed by atoms with Gasteiger partial charge in [0.2, 0.25) is 0 Å². The van der Waals surface area contributed by atoms with Crippen LogP contribution >= 0.6 is 43.6 Å². The minimum Gasteiger partial charge on any atom is -0.125 e. The van der Waals surface area contributed by atoms with Crippen molar-refractivity contribution in [2.75, 3.05) is 5.75 Å². The summed E-state index contributed by atoms with van der Waals surface area (Å²) in [6, 6.07) is 6.39. The lowest BCUT2D eigenvalue weighted by Gasteiger charge is -2.05. The van der Waals surface area contributed by atoms with Crippen LogP contribution in [-0.2, 0) is 0 Å². The Morgan fingerprint density at radius 1 is 0.810 bits per heavy atom. The molecule has 0 bridgehead atoms. The summed E-state index contributed by atoms with van der Waals surface area (Å²) >= 11 is 9.12. The normalized spacial score (nSPS) is 11.0. The highest BCUT2D eigenvalue weighted by atomic mass is 79.9. The molecule has 1 rings (SSSR count). The molecule has 0 aliphatic rings. The molecule has 0 heterocycles. The van der Waals surface area contributed by atoms with Crippen LogP contribution in [0.3, 0.4) is 0 Å². The van der Waals surface area contributed by atoms with Crippen molar-refractivity contribution in [3.8, 4) is 0 Å². The molecule has 0 unspecified atom stereocenters. The van der Waals surface area contributed by atoms with Gasteiger partial charge in [-0.05, 0) is 46.3 Å². The van der Waals surface area contributed by atoms with Gasteiger partial charge in [-0.25, -0.2) is 0 Å². The van der Waals surface area contributed by atoms with Crippen molar-refractivity contribution in [3.05, 3.63) is 27.1 Å². The zero-order valence-corrected chi connectivity index (χ0v) is 17.2. The largest absolute Gasteiger partial charge is 0.125 e. The standard InChI is InChI=1S/C18H28Br2S/c1-2-3-4-5-6-7-8-9-10-11-14-21-18-15-16(19)12-13-17(18)20/h12-13,15H,2-11,14H2,1H3. The molecule has 0 nitrogen and oxygen atoms in total. The Kier molecular flexibility index (Phi) is 12.1. The van der Waals surface area contributed by atoms with E-state index in [9.17, 15) is 0 Å². The van der Waals surface area contributed by atoms with Gasteiger partial charge < -0.3 is 0 Å². The molecule has 3 heteroatoms. The molecule has 0 fully saturated rings. The maximum Gasteiger partial charge on any atom is 0.0312 e. The summed E-state index contributed by atoms with van der Waals surface area (Å²) in [4.78, 5) is 1.35. The van der Waals surface area contributed by atoms with Crippen LogP contribution in [0.2, 0.25) is 0 Å². The summed E-state index contributed by atoms with van der Waals surface area (Å²) in [7, 11) is 0. The second kappa shape index (κ2) is 13.0. The number of benzene rings is 1.